The van der Waals surface area contributed by atoms with Crippen LogP contribution in [0.15, 0.2) is 17.8 Å². The summed E-state index contributed by atoms with van der Waals surface area (Å²) >= 11 is 0. The van der Waals surface area contributed by atoms with Crippen LogP contribution in [0.5, 0.6) is 0 Å². The van der Waals surface area contributed by atoms with Gasteiger partial charge in [-0.2, -0.15) is 0 Å². The Morgan fingerprint density at radius 3 is 2.46 bits per heavy atom. The summed E-state index contributed by atoms with van der Waals surface area (Å²) in [6, 6.07) is 0.473. The molecular formula is C8H12N4O. The highest BCUT2D eigenvalue weighted by Crippen LogP contribution is 2.25. The molecule has 0 atom stereocenters. The van der Waals surface area contributed by atoms with Crippen molar-refractivity contribution < 1.29 is 5.21 Å². The minimum Gasteiger partial charge on any atom is -0.411 e. The summed E-state index contributed by atoms with van der Waals surface area (Å²) in [6.07, 6.45) is 7.26. The van der Waals surface area contributed by atoms with Crippen LogP contribution in [0, 0.1) is 0 Å². The van der Waals surface area contributed by atoms with Gasteiger partial charge >= 0.3 is 0 Å². The molecule has 5 heteroatoms. The number of nitrogens with zero attached hydrogens (tertiary/aromatic N) is 4. The number of hydrogen-bond donors (Lipinski definition) is 1. The molecular weight excluding hydrogens is 168 g/mol. The molecule has 0 amide bonds. The predicted molar refractivity (Wildman–Crippen MR) is 46.7 cm³/mol. The van der Waals surface area contributed by atoms with Gasteiger partial charge in [-0.1, -0.05) is 5.16 Å². The molecule has 0 radical (unpaired) electrons. The number of aromatic nitrogens is 3. The largest absolute Gasteiger partial charge is 0.411 e. The highest BCUT2D eigenvalue weighted by Gasteiger charge is 2.18. The molecule has 5 nitrogen and oxygen atoms in total. The Kier molecular flexibility index (Phi) is 2.25. The second kappa shape index (κ2) is 3.55. The predicted octanol–water partition coefficient (Wildman–Crippen LogP) is 1.22. The van der Waals surface area contributed by atoms with Crippen LogP contribution in [0.25, 0.3) is 0 Å². The van der Waals surface area contributed by atoms with E-state index in [4.69, 9.17) is 5.21 Å². The fraction of sp³-hybridized carbons (Fsp3) is 0.625. The first-order valence-electron chi connectivity index (χ1n) is 4.44. The number of hydrogen-bond acceptors (Lipinski definition) is 4. The van der Waals surface area contributed by atoms with Crippen LogP contribution in [0.1, 0.15) is 31.7 Å². The minimum atomic E-state index is 0.473. The molecule has 0 unspecified atom stereocenters. The molecule has 0 aromatic carbocycles. The van der Waals surface area contributed by atoms with Gasteiger partial charge in [0, 0.05) is 6.04 Å². The van der Waals surface area contributed by atoms with Gasteiger partial charge in [0.05, 0.1) is 5.71 Å². The number of rotatable bonds is 1. The first-order chi connectivity index (χ1) is 6.40. The third-order valence-electron chi connectivity index (χ3n) is 2.53. The van der Waals surface area contributed by atoms with Crippen molar-refractivity contribution >= 4 is 5.71 Å². The van der Waals surface area contributed by atoms with Gasteiger partial charge in [-0.25, -0.2) is 0 Å². The zero-order chi connectivity index (χ0) is 9.10. The van der Waals surface area contributed by atoms with Crippen LogP contribution in [0.3, 0.4) is 0 Å². The lowest BCUT2D eigenvalue weighted by Gasteiger charge is -2.22. The molecule has 1 fully saturated rings. The highest BCUT2D eigenvalue weighted by molar-refractivity contribution is 5.84. The van der Waals surface area contributed by atoms with Crippen LogP contribution in [-0.4, -0.2) is 25.7 Å². The SMILES string of the molecule is ON=C1CCC(n2cnnc2)CC1. The first kappa shape index (κ1) is 8.22. The van der Waals surface area contributed by atoms with E-state index in [-0.39, 0.29) is 0 Å². The van der Waals surface area contributed by atoms with Crippen molar-refractivity contribution in [2.24, 2.45) is 5.16 Å². The number of oxime groups is 1. The maximum atomic E-state index is 8.56. The van der Waals surface area contributed by atoms with Crippen molar-refractivity contribution in [2.45, 2.75) is 31.7 Å². The van der Waals surface area contributed by atoms with Gasteiger partial charge < -0.3 is 9.77 Å². The summed E-state index contributed by atoms with van der Waals surface area (Å²) in [4.78, 5) is 0. The van der Waals surface area contributed by atoms with E-state index < -0.39 is 0 Å². The summed E-state index contributed by atoms with van der Waals surface area (Å²) in [5.41, 5.74) is 0.907. The topological polar surface area (TPSA) is 63.3 Å². The van der Waals surface area contributed by atoms with Crippen molar-refractivity contribution in [1.82, 2.24) is 14.8 Å². The smallest absolute Gasteiger partial charge is 0.119 e. The monoisotopic (exact) mass is 180 g/mol. The van der Waals surface area contributed by atoms with E-state index in [9.17, 15) is 0 Å². The molecule has 13 heavy (non-hydrogen) atoms. The van der Waals surface area contributed by atoms with Crippen molar-refractivity contribution in [1.29, 1.82) is 0 Å². The van der Waals surface area contributed by atoms with E-state index in [2.05, 4.69) is 15.4 Å². The molecule has 1 aromatic heterocycles. The Labute approximate surface area is 76.1 Å². The second-order valence-corrected chi connectivity index (χ2v) is 3.31. The van der Waals surface area contributed by atoms with Gasteiger partial charge in [0.25, 0.3) is 0 Å². The van der Waals surface area contributed by atoms with E-state index in [0.29, 0.717) is 6.04 Å². The van der Waals surface area contributed by atoms with E-state index in [1.165, 1.54) is 0 Å². The molecule has 1 aromatic rings. The molecule has 1 aliphatic rings. The van der Waals surface area contributed by atoms with Crippen LogP contribution >= 0.6 is 0 Å². The average Bonchev–Trinajstić information content (AvgIpc) is 2.71. The summed E-state index contributed by atoms with van der Waals surface area (Å²) in [5.74, 6) is 0. The molecule has 70 valence electrons. The molecule has 1 aliphatic carbocycles. The maximum Gasteiger partial charge on any atom is 0.119 e. The normalized spacial score (nSPS) is 23.1. The van der Waals surface area contributed by atoms with Gasteiger partial charge in [-0.15, -0.1) is 10.2 Å². The Hall–Kier alpha value is -1.39. The Balaban J connectivity index is 1.99. The van der Waals surface area contributed by atoms with E-state index >= 15 is 0 Å². The molecule has 0 aliphatic heterocycles. The van der Waals surface area contributed by atoms with Crippen LogP contribution in [0.4, 0.5) is 0 Å². The standard InChI is InChI=1S/C8H12N4O/c13-11-7-1-3-8(4-2-7)12-5-9-10-6-12/h5-6,8,13H,1-4H2. The first-order valence-corrected chi connectivity index (χ1v) is 4.44. The quantitative estimate of drug-likeness (QED) is 0.522. The van der Waals surface area contributed by atoms with E-state index in [1.54, 1.807) is 12.7 Å². The fourth-order valence-corrected chi connectivity index (χ4v) is 1.73. The second-order valence-electron chi connectivity index (χ2n) is 3.31. The molecule has 0 saturated heterocycles. The summed E-state index contributed by atoms with van der Waals surface area (Å²) in [6.45, 7) is 0. The zero-order valence-corrected chi connectivity index (χ0v) is 7.30. The molecule has 1 heterocycles. The fourth-order valence-electron chi connectivity index (χ4n) is 1.73. The lowest BCUT2D eigenvalue weighted by Crippen LogP contribution is -2.17. The van der Waals surface area contributed by atoms with Crippen molar-refractivity contribution in [3.8, 4) is 0 Å². The van der Waals surface area contributed by atoms with Crippen LogP contribution in [-0.2, 0) is 0 Å². The molecule has 1 N–H and O–H groups in total. The van der Waals surface area contributed by atoms with Gasteiger partial charge in [0.15, 0.2) is 0 Å². The van der Waals surface area contributed by atoms with E-state index in [0.717, 1.165) is 31.4 Å². The molecule has 2 rings (SSSR count). The Morgan fingerprint density at radius 1 is 1.31 bits per heavy atom. The van der Waals surface area contributed by atoms with Crippen LogP contribution in [0.2, 0.25) is 0 Å². The van der Waals surface area contributed by atoms with Gasteiger partial charge in [-0.3, -0.25) is 0 Å². The van der Waals surface area contributed by atoms with E-state index in [1.807, 2.05) is 4.57 Å². The van der Waals surface area contributed by atoms with Crippen molar-refractivity contribution in [3.63, 3.8) is 0 Å². The van der Waals surface area contributed by atoms with Gasteiger partial charge in [0.1, 0.15) is 12.7 Å². The van der Waals surface area contributed by atoms with Gasteiger partial charge in [0.2, 0.25) is 0 Å². The average molecular weight is 180 g/mol. The summed E-state index contributed by atoms with van der Waals surface area (Å²) in [5, 5.41) is 19.3. The van der Waals surface area contributed by atoms with Gasteiger partial charge in [-0.05, 0) is 25.7 Å². The zero-order valence-electron chi connectivity index (χ0n) is 7.30. The Morgan fingerprint density at radius 2 is 1.92 bits per heavy atom. The third kappa shape index (κ3) is 1.68. The van der Waals surface area contributed by atoms with Crippen molar-refractivity contribution in [2.75, 3.05) is 0 Å². The van der Waals surface area contributed by atoms with Crippen molar-refractivity contribution in [3.05, 3.63) is 12.7 Å². The van der Waals surface area contributed by atoms with Crippen LogP contribution < -0.4 is 0 Å². The molecule has 0 spiro atoms. The minimum absolute atomic E-state index is 0.473. The lowest BCUT2D eigenvalue weighted by atomic mass is 9.94. The Bertz CT molecular complexity index is 283. The summed E-state index contributed by atoms with van der Waals surface area (Å²) < 4.78 is 2.02. The highest BCUT2D eigenvalue weighted by atomic mass is 16.4. The molecule has 0 bridgehead atoms. The third-order valence-corrected chi connectivity index (χ3v) is 2.53. The summed E-state index contributed by atoms with van der Waals surface area (Å²) in [7, 11) is 0. The maximum absolute atomic E-state index is 8.56. The molecule has 1 saturated carbocycles. The lowest BCUT2D eigenvalue weighted by molar-refractivity contribution is 0.310.